The molecule has 0 aromatic heterocycles. The van der Waals surface area contributed by atoms with Crippen molar-refractivity contribution < 1.29 is 9.47 Å². The Labute approximate surface area is 145 Å². The van der Waals surface area contributed by atoms with Gasteiger partial charge in [0.05, 0.1) is 13.2 Å². The molecule has 2 heterocycles. The van der Waals surface area contributed by atoms with Crippen LogP contribution in [0.15, 0.2) is 23.2 Å². The van der Waals surface area contributed by atoms with Crippen molar-refractivity contribution in [2.45, 2.75) is 26.2 Å². The summed E-state index contributed by atoms with van der Waals surface area (Å²) in [6.45, 7) is 7.54. The van der Waals surface area contributed by atoms with Gasteiger partial charge in [-0.05, 0) is 37.0 Å². The lowest BCUT2D eigenvalue weighted by Gasteiger charge is -2.21. The van der Waals surface area contributed by atoms with Crippen LogP contribution < -0.4 is 10.1 Å². The second-order valence-electron chi connectivity index (χ2n) is 6.52. The number of hydrogen-bond acceptors (Lipinski definition) is 3. The number of hydrogen-bond donors (Lipinski definition) is 1. The largest absolute Gasteiger partial charge is 0.493 e. The van der Waals surface area contributed by atoms with Crippen molar-refractivity contribution in [2.24, 2.45) is 10.9 Å². The summed E-state index contributed by atoms with van der Waals surface area (Å²) < 4.78 is 11.1. The maximum atomic E-state index is 5.57. The molecule has 0 amide bonds. The number of rotatable bonds is 6. The van der Waals surface area contributed by atoms with Crippen molar-refractivity contribution in [1.29, 1.82) is 0 Å². The van der Waals surface area contributed by atoms with Gasteiger partial charge in [0.25, 0.3) is 0 Å². The van der Waals surface area contributed by atoms with E-state index in [0.29, 0.717) is 5.92 Å². The Balaban J connectivity index is 1.45. The summed E-state index contributed by atoms with van der Waals surface area (Å²) in [5.41, 5.74) is 2.70. The summed E-state index contributed by atoms with van der Waals surface area (Å²) in [4.78, 5) is 6.79. The summed E-state index contributed by atoms with van der Waals surface area (Å²) >= 11 is 0. The first-order valence-corrected chi connectivity index (χ1v) is 9.08. The van der Waals surface area contributed by atoms with E-state index in [1.807, 2.05) is 7.05 Å². The number of fused-ring (bicyclic) bond motifs is 1. The molecule has 1 N–H and O–H groups in total. The van der Waals surface area contributed by atoms with Gasteiger partial charge in [-0.25, -0.2) is 0 Å². The number of nitrogens with one attached hydrogen (secondary N) is 1. The van der Waals surface area contributed by atoms with E-state index >= 15 is 0 Å². The van der Waals surface area contributed by atoms with Crippen molar-refractivity contribution in [3.63, 3.8) is 0 Å². The van der Waals surface area contributed by atoms with Gasteiger partial charge < -0.3 is 19.7 Å². The molecule has 132 valence electrons. The van der Waals surface area contributed by atoms with E-state index in [2.05, 4.69) is 40.3 Å². The molecule has 24 heavy (non-hydrogen) atoms. The highest BCUT2D eigenvalue weighted by Gasteiger charge is 2.24. The second kappa shape index (κ2) is 8.38. The van der Waals surface area contributed by atoms with Gasteiger partial charge in [0, 0.05) is 45.6 Å². The third-order valence-corrected chi connectivity index (χ3v) is 4.81. The molecule has 0 saturated carbocycles. The zero-order valence-electron chi connectivity index (χ0n) is 14.9. The maximum Gasteiger partial charge on any atom is 0.193 e. The minimum atomic E-state index is 0.625. The summed E-state index contributed by atoms with van der Waals surface area (Å²) in [6.07, 6.45) is 3.22. The molecular weight excluding hydrogens is 302 g/mol. The Morgan fingerprint density at radius 1 is 1.46 bits per heavy atom. The van der Waals surface area contributed by atoms with Crippen molar-refractivity contribution in [3.8, 4) is 5.75 Å². The highest BCUT2D eigenvalue weighted by molar-refractivity contribution is 5.80. The first kappa shape index (κ1) is 17.1. The van der Waals surface area contributed by atoms with Crippen LogP contribution in [0.25, 0.3) is 0 Å². The van der Waals surface area contributed by atoms with Gasteiger partial charge in [0.15, 0.2) is 5.96 Å². The molecule has 2 aliphatic rings. The summed E-state index contributed by atoms with van der Waals surface area (Å²) in [6, 6.07) is 6.55. The summed E-state index contributed by atoms with van der Waals surface area (Å²) in [5.74, 6) is 2.69. The summed E-state index contributed by atoms with van der Waals surface area (Å²) in [5, 5.41) is 3.51. The molecule has 0 bridgehead atoms. The van der Waals surface area contributed by atoms with Crippen molar-refractivity contribution in [3.05, 3.63) is 29.3 Å². The predicted octanol–water partition coefficient (Wildman–Crippen LogP) is 2.10. The number of benzene rings is 1. The number of nitrogens with zero attached hydrogens (tertiary/aromatic N) is 2. The van der Waals surface area contributed by atoms with Gasteiger partial charge in [-0.2, -0.15) is 0 Å². The molecule has 1 saturated heterocycles. The Morgan fingerprint density at radius 3 is 3.21 bits per heavy atom. The fourth-order valence-electron chi connectivity index (χ4n) is 3.49. The van der Waals surface area contributed by atoms with Gasteiger partial charge in [0.2, 0.25) is 0 Å². The van der Waals surface area contributed by atoms with Gasteiger partial charge >= 0.3 is 0 Å². The number of aliphatic imine (C=N–C) groups is 1. The van der Waals surface area contributed by atoms with Crippen molar-refractivity contribution >= 4 is 5.96 Å². The van der Waals surface area contributed by atoms with Crippen LogP contribution in [0.1, 0.15) is 24.5 Å². The molecule has 2 aliphatic heterocycles. The second-order valence-corrected chi connectivity index (χ2v) is 6.52. The fraction of sp³-hybridized carbons (Fsp3) is 0.632. The van der Waals surface area contributed by atoms with Crippen LogP contribution in [-0.2, 0) is 17.6 Å². The lowest BCUT2D eigenvalue weighted by Crippen LogP contribution is -2.41. The normalized spacial score (nSPS) is 20.2. The van der Waals surface area contributed by atoms with Crippen LogP contribution in [0.5, 0.6) is 5.75 Å². The monoisotopic (exact) mass is 331 g/mol. The molecule has 0 spiro atoms. The lowest BCUT2D eigenvalue weighted by molar-refractivity contribution is 0.114. The molecule has 1 unspecified atom stereocenters. The molecular formula is C19H29N3O2. The van der Waals surface area contributed by atoms with E-state index < -0.39 is 0 Å². The highest BCUT2D eigenvalue weighted by Crippen LogP contribution is 2.25. The zero-order valence-corrected chi connectivity index (χ0v) is 14.9. The standard InChI is InChI=1S/C19H29N3O2/c1-3-23-14-16-7-10-22(13-16)19(20-2)21-9-6-15-4-5-18-17(12-15)8-11-24-18/h4-5,12,16H,3,6-11,13-14H2,1-2H3,(H,20,21). The average Bonchev–Trinajstić information content (AvgIpc) is 3.25. The van der Waals surface area contributed by atoms with E-state index in [9.17, 15) is 0 Å². The smallest absolute Gasteiger partial charge is 0.193 e. The van der Waals surface area contributed by atoms with E-state index in [1.165, 1.54) is 17.5 Å². The highest BCUT2D eigenvalue weighted by atomic mass is 16.5. The Kier molecular flexibility index (Phi) is 5.96. The first-order valence-electron chi connectivity index (χ1n) is 9.08. The van der Waals surface area contributed by atoms with Crippen molar-refractivity contribution in [2.75, 3.05) is 46.5 Å². The number of guanidine groups is 1. The van der Waals surface area contributed by atoms with Crippen LogP contribution in [0.2, 0.25) is 0 Å². The minimum absolute atomic E-state index is 0.625. The van der Waals surface area contributed by atoms with E-state index in [4.69, 9.17) is 9.47 Å². The van der Waals surface area contributed by atoms with Crippen LogP contribution in [-0.4, -0.2) is 57.4 Å². The van der Waals surface area contributed by atoms with Crippen LogP contribution in [0.3, 0.4) is 0 Å². The van der Waals surface area contributed by atoms with Gasteiger partial charge in [-0.1, -0.05) is 12.1 Å². The number of likely N-dealkylation sites (tertiary alicyclic amines) is 1. The first-order chi connectivity index (χ1) is 11.8. The predicted molar refractivity (Wildman–Crippen MR) is 96.9 cm³/mol. The van der Waals surface area contributed by atoms with Crippen LogP contribution in [0, 0.1) is 5.92 Å². The molecule has 1 fully saturated rings. The van der Waals surface area contributed by atoms with Crippen molar-refractivity contribution in [1.82, 2.24) is 10.2 Å². The molecule has 0 aliphatic carbocycles. The fourth-order valence-corrected chi connectivity index (χ4v) is 3.49. The molecule has 3 rings (SSSR count). The zero-order chi connectivity index (χ0) is 16.8. The molecule has 0 radical (unpaired) electrons. The van der Waals surface area contributed by atoms with Gasteiger partial charge in [-0.15, -0.1) is 0 Å². The average molecular weight is 331 g/mol. The third kappa shape index (κ3) is 4.20. The van der Waals surface area contributed by atoms with E-state index in [1.54, 1.807) is 0 Å². The molecule has 1 aromatic rings. The minimum Gasteiger partial charge on any atom is -0.493 e. The summed E-state index contributed by atoms with van der Waals surface area (Å²) in [7, 11) is 1.87. The Hall–Kier alpha value is -1.75. The third-order valence-electron chi connectivity index (χ3n) is 4.81. The molecule has 5 heteroatoms. The lowest BCUT2D eigenvalue weighted by atomic mass is 10.1. The topological polar surface area (TPSA) is 46.1 Å². The molecule has 5 nitrogen and oxygen atoms in total. The Bertz CT molecular complexity index is 574. The molecule has 1 atom stereocenters. The van der Waals surface area contributed by atoms with Crippen LogP contribution >= 0.6 is 0 Å². The number of ether oxygens (including phenoxy) is 2. The van der Waals surface area contributed by atoms with Crippen LogP contribution in [0.4, 0.5) is 0 Å². The molecule has 1 aromatic carbocycles. The maximum absolute atomic E-state index is 5.57. The SMILES string of the molecule is CCOCC1CCN(C(=NC)NCCc2ccc3c(c2)CCO3)C1. The van der Waals surface area contributed by atoms with E-state index in [0.717, 1.165) is 64.0 Å². The van der Waals surface area contributed by atoms with Gasteiger partial charge in [-0.3, -0.25) is 4.99 Å². The quantitative estimate of drug-likeness (QED) is 0.640. The Morgan fingerprint density at radius 2 is 2.38 bits per heavy atom. The van der Waals surface area contributed by atoms with Gasteiger partial charge in [0.1, 0.15) is 5.75 Å². The van der Waals surface area contributed by atoms with E-state index in [-0.39, 0.29) is 0 Å².